The van der Waals surface area contributed by atoms with Gasteiger partial charge < -0.3 is 14.4 Å². The maximum atomic E-state index is 12.6. The molecule has 1 N–H and O–H groups in total. The Morgan fingerprint density at radius 2 is 2.18 bits per heavy atom. The van der Waals surface area contributed by atoms with E-state index in [-0.39, 0.29) is 17.7 Å². The Bertz CT molecular complexity index is 737. The van der Waals surface area contributed by atoms with E-state index in [1.807, 2.05) is 36.6 Å². The molecule has 1 fully saturated rings. The Labute approximate surface area is 128 Å². The Morgan fingerprint density at radius 3 is 2.86 bits per heavy atom. The molecule has 0 radical (unpaired) electrons. The van der Waals surface area contributed by atoms with Crippen molar-refractivity contribution in [1.29, 1.82) is 0 Å². The van der Waals surface area contributed by atoms with Gasteiger partial charge in [0.25, 0.3) is 5.91 Å². The molecule has 0 aromatic carbocycles. The zero-order valence-corrected chi connectivity index (χ0v) is 12.7. The van der Waals surface area contributed by atoms with Crippen molar-refractivity contribution < 1.29 is 14.7 Å². The van der Waals surface area contributed by atoms with Crippen LogP contribution in [0.2, 0.25) is 0 Å². The van der Waals surface area contributed by atoms with Crippen molar-refractivity contribution in [2.24, 2.45) is 11.8 Å². The first-order valence-corrected chi connectivity index (χ1v) is 7.43. The molecule has 0 saturated carbocycles. The predicted molar refractivity (Wildman–Crippen MR) is 80.7 cm³/mol. The molecule has 2 atom stereocenters. The first-order valence-electron chi connectivity index (χ1n) is 7.43. The summed E-state index contributed by atoms with van der Waals surface area (Å²) in [7, 11) is 0. The molecule has 0 aliphatic carbocycles. The van der Waals surface area contributed by atoms with Crippen LogP contribution in [0.3, 0.4) is 0 Å². The molecule has 1 saturated heterocycles. The Balaban J connectivity index is 1.80. The highest BCUT2D eigenvalue weighted by atomic mass is 16.4. The lowest BCUT2D eigenvalue weighted by Crippen LogP contribution is -2.45. The summed E-state index contributed by atoms with van der Waals surface area (Å²) in [5, 5.41) is 9.15. The largest absolute Gasteiger partial charge is 0.481 e. The molecule has 0 spiro atoms. The van der Waals surface area contributed by atoms with Crippen molar-refractivity contribution >= 4 is 17.5 Å². The van der Waals surface area contributed by atoms with Gasteiger partial charge in [0.15, 0.2) is 0 Å². The smallest absolute Gasteiger partial charge is 0.306 e. The van der Waals surface area contributed by atoms with E-state index in [9.17, 15) is 9.59 Å². The zero-order chi connectivity index (χ0) is 15.9. The molecule has 1 aliphatic heterocycles. The number of piperidine rings is 1. The number of carboxylic acid groups (broad SMARTS) is 1. The second kappa shape index (κ2) is 5.44. The van der Waals surface area contributed by atoms with Gasteiger partial charge >= 0.3 is 5.97 Å². The predicted octanol–water partition coefficient (Wildman–Crippen LogP) is 1.83. The van der Waals surface area contributed by atoms with Crippen molar-refractivity contribution in [1.82, 2.24) is 14.3 Å². The van der Waals surface area contributed by atoms with Crippen LogP contribution in [0, 0.1) is 18.8 Å². The van der Waals surface area contributed by atoms with Crippen LogP contribution in [0.1, 0.15) is 29.4 Å². The maximum Gasteiger partial charge on any atom is 0.306 e. The summed E-state index contributed by atoms with van der Waals surface area (Å²) in [6.45, 7) is 4.79. The third-order valence-corrected chi connectivity index (χ3v) is 4.34. The summed E-state index contributed by atoms with van der Waals surface area (Å²) in [4.78, 5) is 29.8. The van der Waals surface area contributed by atoms with Crippen molar-refractivity contribution in [3.05, 3.63) is 35.8 Å². The summed E-state index contributed by atoms with van der Waals surface area (Å²) in [5.41, 5.74) is 2.25. The molecule has 2 aromatic rings. The Kier molecular flexibility index (Phi) is 3.60. The quantitative estimate of drug-likeness (QED) is 0.918. The molecule has 22 heavy (non-hydrogen) atoms. The number of carboxylic acids is 1. The van der Waals surface area contributed by atoms with Crippen LogP contribution < -0.4 is 0 Å². The third kappa shape index (κ3) is 2.56. The molecule has 1 amide bonds. The van der Waals surface area contributed by atoms with Crippen LogP contribution in [0.5, 0.6) is 0 Å². The number of fused-ring (bicyclic) bond motifs is 1. The molecule has 3 rings (SSSR count). The van der Waals surface area contributed by atoms with Crippen LogP contribution in [-0.4, -0.2) is 44.4 Å². The minimum Gasteiger partial charge on any atom is -0.481 e. The van der Waals surface area contributed by atoms with E-state index in [4.69, 9.17) is 5.11 Å². The van der Waals surface area contributed by atoms with Gasteiger partial charge in [-0.15, -0.1) is 0 Å². The van der Waals surface area contributed by atoms with Gasteiger partial charge in [0.05, 0.1) is 5.92 Å². The first kappa shape index (κ1) is 14.6. The number of rotatable bonds is 2. The van der Waals surface area contributed by atoms with Gasteiger partial charge in [-0.1, -0.05) is 6.92 Å². The van der Waals surface area contributed by atoms with Crippen molar-refractivity contribution in [2.45, 2.75) is 20.3 Å². The van der Waals surface area contributed by atoms with Gasteiger partial charge in [-0.05, 0) is 37.0 Å². The molecule has 6 heteroatoms. The minimum atomic E-state index is -0.775. The molecular formula is C16H19N3O3. The Hall–Kier alpha value is -2.37. The number of amides is 1. The maximum absolute atomic E-state index is 12.6. The monoisotopic (exact) mass is 301 g/mol. The van der Waals surface area contributed by atoms with Crippen LogP contribution in [0.4, 0.5) is 0 Å². The van der Waals surface area contributed by atoms with Crippen LogP contribution >= 0.6 is 0 Å². The van der Waals surface area contributed by atoms with Crippen molar-refractivity contribution in [3.63, 3.8) is 0 Å². The molecule has 0 bridgehead atoms. The molecule has 2 unspecified atom stereocenters. The molecule has 1 aliphatic rings. The van der Waals surface area contributed by atoms with E-state index < -0.39 is 5.97 Å². The number of hydrogen-bond acceptors (Lipinski definition) is 3. The fourth-order valence-electron chi connectivity index (χ4n) is 3.05. The Morgan fingerprint density at radius 1 is 1.41 bits per heavy atom. The second-order valence-electron chi connectivity index (χ2n) is 6.06. The van der Waals surface area contributed by atoms with E-state index in [1.165, 1.54) is 0 Å². The zero-order valence-electron chi connectivity index (χ0n) is 12.7. The number of imidazole rings is 1. The van der Waals surface area contributed by atoms with Crippen molar-refractivity contribution in [2.75, 3.05) is 13.1 Å². The highest BCUT2D eigenvalue weighted by molar-refractivity contribution is 5.93. The van der Waals surface area contributed by atoms with Crippen LogP contribution in [0.15, 0.2) is 24.5 Å². The average Bonchev–Trinajstić information content (AvgIpc) is 2.88. The molecular weight excluding hydrogens is 282 g/mol. The van der Waals surface area contributed by atoms with Gasteiger partial charge in [0.2, 0.25) is 0 Å². The topological polar surface area (TPSA) is 74.9 Å². The summed E-state index contributed by atoms with van der Waals surface area (Å²) in [6, 6.07) is 3.89. The van der Waals surface area contributed by atoms with Gasteiger partial charge in [-0.3, -0.25) is 9.59 Å². The lowest BCUT2D eigenvalue weighted by Gasteiger charge is -2.34. The number of likely N-dealkylation sites (tertiary alicyclic amines) is 1. The summed E-state index contributed by atoms with van der Waals surface area (Å²) >= 11 is 0. The van der Waals surface area contributed by atoms with E-state index in [1.54, 1.807) is 11.1 Å². The number of hydrogen-bond donors (Lipinski definition) is 1. The van der Waals surface area contributed by atoms with Gasteiger partial charge in [-0.25, -0.2) is 4.98 Å². The highest BCUT2D eigenvalue weighted by Crippen LogP contribution is 2.24. The van der Waals surface area contributed by atoms with Gasteiger partial charge in [-0.2, -0.15) is 0 Å². The SMILES string of the molecule is Cc1ccn2cc(C(=O)N3CCC(C(=O)O)C(C)C3)nc2c1. The fourth-order valence-corrected chi connectivity index (χ4v) is 3.05. The second-order valence-corrected chi connectivity index (χ2v) is 6.06. The lowest BCUT2D eigenvalue weighted by atomic mass is 9.87. The minimum absolute atomic E-state index is 0.0468. The standard InChI is InChI=1S/C16H19N3O3/c1-10-3-5-18-9-13(17-14(18)7-10)15(20)19-6-4-12(16(21)22)11(2)8-19/h3,5,7,9,11-12H,4,6,8H2,1-2H3,(H,21,22). The fraction of sp³-hybridized carbons (Fsp3) is 0.438. The number of pyridine rings is 1. The van der Waals surface area contributed by atoms with E-state index >= 15 is 0 Å². The van der Waals surface area contributed by atoms with E-state index in [0.29, 0.717) is 25.2 Å². The van der Waals surface area contributed by atoms with Crippen molar-refractivity contribution in [3.8, 4) is 0 Å². The normalized spacial score (nSPS) is 22.0. The molecule has 116 valence electrons. The average molecular weight is 301 g/mol. The lowest BCUT2D eigenvalue weighted by molar-refractivity contribution is -0.145. The number of carbonyl (C=O) groups is 2. The summed E-state index contributed by atoms with van der Waals surface area (Å²) in [6.07, 6.45) is 4.10. The highest BCUT2D eigenvalue weighted by Gasteiger charge is 2.33. The van der Waals surface area contributed by atoms with Crippen LogP contribution in [-0.2, 0) is 4.79 Å². The number of aryl methyl sites for hydroxylation is 1. The number of aromatic nitrogens is 2. The van der Waals surface area contributed by atoms with Gasteiger partial charge in [0.1, 0.15) is 11.3 Å². The van der Waals surface area contributed by atoms with Gasteiger partial charge in [0, 0.05) is 25.5 Å². The third-order valence-electron chi connectivity index (χ3n) is 4.34. The number of carbonyl (C=O) groups excluding carboxylic acids is 1. The summed E-state index contributed by atoms with van der Waals surface area (Å²) < 4.78 is 1.83. The molecule has 6 nitrogen and oxygen atoms in total. The van der Waals surface area contributed by atoms with E-state index in [2.05, 4.69) is 4.98 Å². The molecule has 2 aromatic heterocycles. The van der Waals surface area contributed by atoms with Crippen LogP contribution in [0.25, 0.3) is 5.65 Å². The molecule has 3 heterocycles. The first-order chi connectivity index (χ1) is 10.5. The number of aliphatic carboxylic acids is 1. The summed E-state index contributed by atoms with van der Waals surface area (Å²) in [5.74, 6) is -1.32. The van der Waals surface area contributed by atoms with E-state index in [0.717, 1.165) is 11.2 Å². The number of nitrogens with zero attached hydrogens (tertiary/aromatic N) is 3.